The van der Waals surface area contributed by atoms with Crippen LogP contribution in [0.2, 0.25) is 0 Å². The second kappa shape index (κ2) is 4.33. The maximum atomic E-state index is 12.6. The van der Waals surface area contributed by atoms with Gasteiger partial charge in [-0.2, -0.15) is 11.3 Å². The summed E-state index contributed by atoms with van der Waals surface area (Å²) in [5.74, 6) is 0.579. The summed E-state index contributed by atoms with van der Waals surface area (Å²) in [4.78, 5) is 20.8. The maximum Gasteiger partial charge on any atom is 0.241 e. The number of thiophene rings is 1. The Morgan fingerprint density at radius 3 is 2.95 bits per heavy atom. The first-order chi connectivity index (χ1) is 9.48. The summed E-state index contributed by atoms with van der Waals surface area (Å²) in [5.41, 5.74) is -0.441. The lowest BCUT2D eigenvalue weighted by atomic mass is 9.82. The molecule has 3 rings (SSSR count). The van der Waals surface area contributed by atoms with E-state index in [1.165, 1.54) is 11.3 Å². The minimum atomic E-state index is -0.441. The van der Waals surface area contributed by atoms with Gasteiger partial charge in [-0.25, -0.2) is 4.85 Å². The maximum absolute atomic E-state index is 12.6. The lowest BCUT2D eigenvalue weighted by Crippen LogP contribution is -2.60. The molecule has 0 saturated carbocycles. The van der Waals surface area contributed by atoms with Crippen LogP contribution in [0.25, 0.3) is 4.85 Å². The van der Waals surface area contributed by atoms with Gasteiger partial charge in [-0.05, 0) is 13.1 Å². The van der Waals surface area contributed by atoms with Gasteiger partial charge in [-0.15, -0.1) is 0 Å². The minimum absolute atomic E-state index is 0.0934. The Hall–Kier alpha value is -1.84. The predicted octanol–water partition coefficient (Wildman–Crippen LogP) is 1.59. The summed E-state index contributed by atoms with van der Waals surface area (Å²) < 4.78 is 0. The SMILES string of the molecule is [C-]#[N+]c1ccc([C@]23CN(C)C[C@H]2C(=O)N(C)C(=C)N3)s1. The van der Waals surface area contributed by atoms with Crippen molar-refractivity contribution in [1.29, 1.82) is 0 Å². The average molecular weight is 288 g/mol. The average Bonchev–Trinajstić information content (AvgIpc) is 3.01. The molecule has 2 fully saturated rings. The van der Waals surface area contributed by atoms with Crippen LogP contribution in [0.3, 0.4) is 0 Å². The van der Waals surface area contributed by atoms with Crippen molar-refractivity contribution in [2.24, 2.45) is 5.92 Å². The third kappa shape index (κ3) is 1.67. The van der Waals surface area contributed by atoms with Gasteiger partial charge in [0, 0.05) is 25.0 Å². The second-order valence-corrected chi connectivity index (χ2v) is 6.50. The summed E-state index contributed by atoms with van der Waals surface area (Å²) in [5, 5.41) is 4.09. The number of likely N-dealkylation sites (N-methyl/N-ethyl adjacent to an activating group) is 1. The van der Waals surface area contributed by atoms with E-state index >= 15 is 0 Å². The van der Waals surface area contributed by atoms with Gasteiger partial charge in [0.25, 0.3) is 0 Å². The topological polar surface area (TPSA) is 39.9 Å². The van der Waals surface area contributed by atoms with Crippen molar-refractivity contribution in [3.8, 4) is 0 Å². The van der Waals surface area contributed by atoms with Crippen molar-refractivity contribution in [3.63, 3.8) is 0 Å². The van der Waals surface area contributed by atoms with Crippen molar-refractivity contribution < 1.29 is 4.79 Å². The van der Waals surface area contributed by atoms with E-state index in [9.17, 15) is 4.79 Å². The lowest BCUT2D eigenvalue weighted by molar-refractivity contribution is -0.137. The Bertz CT molecular complexity index is 631. The quantitative estimate of drug-likeness (QED) is 0.798. The highest BCUT2D eigenvalue weighted by Crippen LogP contribution is 2.45. The Labute approximate surface area is 122 Å². The first-order valence-electron chi connectivity index (χ1n) is 6.39. The van der Waals surface area contributed by atoms with Crippen LogP contribution in [-0.2, 0) is 10.3 Å². The number of hydrogen-bond acceptors (Lipinski definition) is 4. The van der Waals surface area contributed by atoms with Crippen LogP contribution in [-0.4, -0.2) is 42.9 Å². The number of nitrogens with one attached hydrogen (secondary N) is 1. The highest BCUT2D eigenvalue weighted by Gasteiger charge is 2.55. The molecule has 1 aromatic rings. The van der Waals surface area contributed by atoms with Gasteiger partial charge < -0.3 is 15.1 Å². The molecule has 0 bridgehead atoms. The molecular formula is C14H16N4OS. The lowest BCUT2D eigenvalue weighted by Gasteiger charge is -2.43. The van der Waals surface area contributed by atoms with E-state index in [2.05, 4.69) is 21.6 Å². The third-order valence-electron chi connectivity index (χ3n) is 4.15. The number of carbonyl (C=O) groups is 1. The Morgan fingerprint density at radius 2 is 2.30 bits per heavy atom. The highest BCUT2D eigenvalue weighted by atomic mass is 32.1. The molecule has 6 heteroatoms. The van der Waals surface area contributed by atoms with Gasteiger partial charge in [-0.1, -0.05) is 12.6 Å². The van der Waals surface area contributed by atoms with E-state index in [0.29, 0.717) is 17.4 Å². The van der Waals surface area contributed by atoms with Crippen molar-refractivity contribution in [1.82, 2.24) is 15.1 Å². The van der Waals surface area contributed by atoms with Crippen LogP contribution in [0, 0.1) is 12.5 Å². The molecule has 1 aromatic heterocycles. The Morgan fingerprint density at radius 1 is 1.55 bits per heavy atom. The van der Waals surface area contributed by atoms with Crippen LogP contribution in [0.5, 0.6) is 0 Å². The van der Waals surface area contributed by atoms with E-state index < -0.39 is 5.54 Å². The number of nitrogens with zero attached hydrogens (tertiary/aromatic N) is 3. The van der Waals surface area contributed by atoms with Gasteiger partial charge in [0.05, 0.1) is 18.0 Å². The second-order valence-electron chi connectivity index (χ2n) is 5.44. The van der Waals surface area contributed by atoms with Crippen LogP contribution >= 0.6 is 11.3 Å². The van der Waals surface area contributed by atoms with E-state index in [0.717, 1.165) is 11.4 Å². The largest absolute Gasteiger partial charge is 0.359 e. The molecule has 2 atom stereocenters. The van der Waals surface area contributed by atoms with E-state index in [1.54, 1.807) is 11.9 Å². The fraction of sp³-hybridized carbons (Fsp3) is 0.429. The first kappa shape index (κ1) is 13.2. The molecule has 0 unspecified atom stereocenters. The molecule has 1 amide bonds. The molecule has 0 aromatic carbocycles. The summed E-state index contributed by atoms with van der Waals surface area (Å²) in [6.45, 7) is 12.5. The summed E-state index contributed by atoms with van der Waals surface area (Å²) in [6.07, 6.45) is 0. The van der Waals surface area contributed by atoms with Crippen molar-refractivity contribution >= 4 is 22.2 Å². The molecule has 0 radical (unpaired) electrons. The molecule has 104 valence electrons. The number of fused-ring (bicyclic) bond motifs is 1. The zero-order chi connectivity index (χ0) is 14.5. The smallest absolute Gasteiger partial charge is 0.241 e. The van der Waals surface area contributed by atoms with Crippen LogP contribution in [0.4, 0.5) is 5.00 Å². The predicted molar refractivity (Wildman–Crippen MR) is 78.3 cm³/mol. The standard InChI is InChI=1S/C14H16N4OS/c1-9-16-14(11-5-6-12(15-2)20-11)8-17(3)7-10(14)13(19)18(9)4/h5-6,10,16H,1,7-8H2,3-4H3/t10-,14-/m0/s1. The zero-order valence-corrected chi connectivity index (χ0v) is 12.3. The highest BCUT2D eigenvalue weighted by molar-refractivity contribution is 7.16. The van der Waals surface area contributed by atoms with E-state index in [4.69, 9.17) is 6.57 Å². The number of amides is 1. The van der Waals surface area contributed by atoms with E-state index in [-0.39, 0.29) is 11.8 Å². The molecule has 1 N–H and O–H groups in total. The third-order valence-corrected chi connectivity index (χ3v) is 5.31. The Balaban J connectivity index is 2.10. The molecule has 0 aliphatic carbocycles. The molecule has 2 saturated heterocycles. The summed E-state index contributed by atoms with van der Waals surface area (Å²) >= 11 is 1.46. The first-order valence-corrected chi connectivity index (χ1v) is 7.20. The van der Waals surface area contributed by atoms with Gasteiger partial charge in [0.1, 0.15) is 5.82 Å². The fourth-order valence-corrected chi connectivity index (χ4v) is 4.11. The monoisotopic (exact) mass is 288 g/mol. The normalized spacial score (nSPS) is 30.1. The van der Waals surface area contributed by atoms with Crippen molar-refractivity contribution in [2.45, 2.75) is 5.54 Å². The zero-order valence-electron chi connectivity index (χ0n) is 11.5. The van der Waals surface area contributed by atoms with Crippen LogP contribution in [0.15, 0.2) is 24.5 Å². The summed E-state index contributed by atoms with van der Waals surface area (Å²) in [7, 11) is 3.76. The van der Waals surface area contributed by atoms with Gasteiger partial charge in [-0.3, -0.25) is 4.79 Å². The van der Waals surface area contributed by atoms with Crippen molar-refractivity contribution in [3.05, 3.63) is 40.8 Å². The number of carbonyl (C=O) groups excluding carboxylic acids is 1. The van der Waals surface area contributed by atoms with Gasteiger partial charge in [0.15, 0.2) is 0 Å². The van der Waals surface area contributed by atoms with Crippen LogP contribution in [0.1, 0.15) is 4.88 Å². The van der Waals surface area contributed by atoms with Crippen LogP contribution < -0.4 is 5.32 Å². The van der Waals surface area contributed by atoms with Gasteiger partial charge >= 0.3 is 0 Å². The molecular weight excluding hydrogens is 272 g/mol. The van der Waals surface area contributed by atoms with Gasteiger partial charge in [0.2, 0.25) is 10.9 Å². The molecule has 5 nitrogen and oxygen atoms in total. The summed E-state index contributed by atoms with van der Waals surface area (Å²) in [6, 6.07) is 3.79. The number of likely N-dealkylation sites (tertiary alicyclic amines) is 1. The molecule has 2 aliphatic rings. The minimum Gasteiger partial charge on any atom is -0.359 e. The Kier molecular flexibility index (Phi) is 2.85. The van der Waals surface area contributed by atoms with Crippen molar-refractivity contribution in [2.75, 3.05) is 27.2 Å². The molecule has 0 spiro atoms. The number of rotatable bonds is 1. The number of hydrogen-bond donors (Lipinski definition) is 1. The van der Waals surface area contributed by atoms with E-state index in [1.807, 2.05) is 19.2 Å². The molecule has 20 heavy (non-hydrogen) atoms. The fourth-order valence-electron chi connectivity index (χ4n) is 3.13. The molecule has 2 aliphatic heterocycles. The molecule has 3 heterocycles.